The van der Waals surface area contributed by atoms with E-state index in [-0.39, 0.29) is 12.5 Å². The van der Waals surface area contributed by atoms with Crippen molar-refractivity contribution in [2.45, 2.75) is 13.0 Å². The third kappa shape index (κ3) is 3.31. The summed E-state index contributed by atoms with van der Waals surface area (Å²) in [5.74, 6) is -0.292. The van der Waals surface area contributed by atoms with Crippen LogP contribution in [0.1, 0.15) is 27.6 Å². The van der Waals surface area contributed by atoms with Crippen LogP contribution >= 0.6 is 12.2 Å². The molecule has 1 aromatic heterocycles. The topological polar surface area (TPSA) is 65.1 Å². The zero-order valence-corrected chi connectivity index (χ0v) is 11.9. The molecule has 20 heavy (non-hydrogen) atoms. The monoisotopic (exact) mass is 288 g/mol. The molecule has 1 heterocycles. The number of aliphatic hydroxyl groups is 1. The molecule has 0 aliphatic rings. The Hall–Kier alpha value is -1.98. The van der Waals surface area contributed by atoms with Crippen molar-refractivity contribution < 1.29 is 9.90 Å². The van der Waals surface area contributed by atoms with Gasteiger partial charge in [0.15, 0.2) is 0 Å². The fourth-order valence-electron chi connectivity index (χ4n) is 1.96. The van der Waals surface area contributed by atoms with E-state index < -0.39 is 6.10 Å². The van der Waals surface area contributed by atoms with E-state index in [9.17, 15) is 9.90 Å². The van der Waals surface area contributed by atoms with Crippen molar-refractivity contribution in [3.8, 4) is 0 Å². The van der Waals surface area contributed by atoms with Gasteiger partial charge in [-0.05, 0) is 30.2 Å². The molecule has 1 atom stereocenters. The van der Waals surface area contributed by atoms with Crippen LogP contribution < -0.4 is 5.32 Å². The summed E-state index contributed by atoms with van der Waals surface area (Å²) in [6.45, 7) is 2.07. The number of aryl methyl sites for hydroxylation is 1. The van der Waals surface area contributed by atoms with Gasteiger partial charge in [-0.1, -0.05) is 36.5 Å². The van der Waals surface area contributed by atoms with E-state index in [2.05, 4.69) is 10.3 Å². The number of aromatic nitrogens is 1. The van der Waals surface area contributed by atoms with Crippen LogP contribution in [0.2, 0.25) is 0 Å². The van der Waals surface area contributed by atoms with E-state index >= 15 is 0 Å². The number of rotatable bonds is 4. The molecule has 2 rings (SSSR count). The Kier molecular flexibility index (Phi) is 4.65. The molecule has 0 bridgehead atoms. The quantitative estimate of drug-likeness (QED) is 0.757. The average molecular weight is 288 g/mol. The van der Waals surface area contributed by atoms with Crippen LogP contribution in [-0.4, -0.2) is 22.5 Å². The van der Waals surface area contributed by atoms with E-state index in [4.69, 9.17) is 12.2 Å². The SMILES string of the molecule is Cc1ccccc1C(O)CNC(=O)c1ccc[nH]c1=S. The summed E-state index contributed by atoms with van der Waals surface area (Å²) in [6.07, 6.45) is 0.933. The molecular formula is C15H16N2O2S. The highest BCUT2D eigenvalue weighted by atomic mass is 32.1. The minimum atomic E-state index is -0.735. The lowest BCUT2D eigenvalue weighted by atomic mass is 10.0. The number of H-pyrrole nitrogens is 1. The standard InChI is InChI=1S/C15H16N2O2S/c1-10-5-2-3-6-11(10)13(18)9-17-14(19)12-7-4-8-16-15(12)20/h2-8,13,18H,9H2,1H3,(H,16,20)(H,17,19). The first-order valence-corrected chi connectivity index (χ1v) is 6.70. The van der Waals surface area contributed by atoms with Crippen molar-refractivity contribution in [2.24, 2.45) is 0 Å². The summed E-state index contributed by atoms with van der Waals surface area (Å²) in [5, 5.41) is 12.8. The summed E-state index contributed by atoms with van der Waals surface area (Å²) in [6, 6.07) is 10.9. The number of carbonyl (C=O) groups excluding carboxylic acids is 1. The number of amides is 1. The number of carbonyl (C=O) groups is 1. The minimum Gasteiger partial charge on any atom is -0.387 e. The Balaban J connectivity index is 2.03. The molecule has 0 aliphatic heterocycles. The second-order valence-electron chi connectivity index (χ2n) is 4.50. The van der Waals surface area contributed by atoms with Crippen molar-refractivity contribution >= 4 is 18.1 Å². The highest BCUT2D eigenvalue weighted by Gasteiger charge is 2.13. The van der Waals surface area contributed by atoms with Crippen molar-refractivity contribution in [1.82, 2.24) is 10.3 Å². The summed E-state index contributed by atoms with van der Waals surface area (Å²) in [7, 11) is 0. The lowest BCUT2D eigenvalue weighted by Crippen LogP contribution is -2.29. The molecule has 1 amide bonds. The predicted molar refractivity (Wildman–Crippen MR) is 80.1 cm³/mol. The molecular weight excluding hydrogens is 272 g/mol. The van der Waals surface area contributed by atoms with E-state index in [1.807, 2.05) is 31.2 Å². The van der Waals surface area contributed by atoms with Gasteiger partial charge in [-0.25, -0.2) is 0 Å². The molecule has 0 saturated heterocycles. The molecule has 2 aromatic rings. The van der Waals surface area contributed by atoms with Gasteiger partial charge in [0.05, 0.1) is 11.7 Å². The molecule has 1 aromatic carbocycles. The lowest BCUT2D eigenvalue weighted by Gasteiger charge is -2.14. The molecule has 0 spiro atoms. The van der Waals surface area contributed by atoms with Gasteiger partial charge in [-0.2, -0.15) is 0 Å². The smallest absolute Gasteiger partial charge is 0.254 e. The van der Waals surface area contributed by atoms with E-state index in [1.54, 1.807) is 18.3 Å². The number of hydrogen-bond acceptors (Lipinski definition) is 3. The van der Waals surface area contributed by atoms with Gasteiger partial charge < -0.3 is 15.4 Å². The van der Waals surface area contributed by atoms with Gasteiger partial charge in [-0.3, -0.25) is 4.79 Å². The highest BCUT2D eigenvalue weighted by molar-refractivity contribution is 7.71. The first-order chi connectivity index (χ1) is 9.59. The van der Waals surface area contributed by atoms with Crippen molar-refractivity contribution in [1.29, 1.82) is 0 Å². The number of pyridine rings is 1. The van der Waals surface area contributed by atoms with E-state index in [1.165, 1.54) is 0 Å². The zero-order chi connectivity index (χ0) is 14.5. The average Bonchev–Trinajstić information content (AvgIpc) is 2.45. The summed E-state index contributed by atoms with van der Waals surface area (Å²) in [4.78, 5) is 14.8. The number of benzene rings is 1. The Morgan fingerprint density at radius 3 is 2.80 bits per heavy atom. The number of hydrogen-bond donors (Lipinski definition) is 3. The second kappa shape index (κ2) is 6.45. The maximum atomic E-state index is 12.0. The molecule has 1 unspecified atom stereocenters. The minimum absolute atomic E-state index is 0.146. The Morgan fingerprint density at radius 1 is 1.35 bits per heavy atom. The van der Waals surface area contributed by atoms with Crippen LogP contribution in [0, 0.1) is 11.6 Å². The van der Waals surface area contributed by atoms with Crippen LogP contribution in [0.15, 0.2) is 42.6 Å². The molecule has 104 valence electrons. The highest BCUT2D eigenvalue weighted by Crippen LogP contribution is 2.16. The Morgan fingerprint density at radius 2 is 2.10 bits per heavy atom. The van der Waals surface area contributed by atoms with Crippen molar-refractivity contribution in [3.63, 3.8) is 0 Å². The Labute approximate surface area is 122 Å². The third-order valence-corrected chi connectivity index (χ3v) is 3.40. The molecule has 5 heteroatoms. The summed E-state index contributed by atoms with van der Waals surface area (Å²) in [5.41, 5.74) is 2.21. The third-order valence-electron chi connectivity index (χ3n) is 3.07. The molecule has 0 fully saturated rings. The number of aliphatic hydroxyl groups excluding tert-OH is 1. The number of nitrogens with one attached hydrogen (secondary N) is 2. The predicted octanol–water partition coefficient (Wildman–Crippen LogP) is 2.52. The molecule has 0 radical (unpaired) electrons. The van der Waals surface area contributed by atoms with Gasteiger partial charge in [0.25, 0.3) is 5.91 Å². The normalized spacial score (nSPS) is 11.9. The van der Waals surface area contributed by atoms with Crippen molar-refractivity contribution in [3.05, 3.63) is 63.9 Å². The largest absolute Gasteiger partial charge is 0.387 e. The first-order valence-electron chi connectivity index (χ1n) is 6.29. The van der Waals surface area contributed by atoms with Crippen molar-refractivity contribution in [2.75, 3.05) is 6.54 Å². The van der Waals surface area contributed by atoms with Gasteiger partial charge in [0.1, 0.15) is 4.64 Å². The molecule has 0 aliphatic carbocycles. The van der Waals surface area contributed by atoms with E-state index in [0.717, 1.165) is 11.1 Å². The fourth-order valence-corrected chi connectivity index (χ4v) is 2.18. The van der Waals surface area contributed by atoms with Crippen LogP contribution in [-0.2, 0) is 0 Å². The summed E-state index contributed by atoms with van der Waals surface area (Å²) < 4.78 is 0.385. The molecule has 0 saturated carbocycles. The van der Waals surface area contributed by atoms with Gasteiger partial charge in [0, 0.05) is 12.7 Å². The van der Waals surface area contributed by atoms with Gasteiger partial charge in [-0.15, -0.1) is 0 Å². The maximum Gasteiger partial charge on any atom is 0.254 e. The second-order valence-corrected chi connectivity index (χ2v) is 4.90. The maximum absolute atomic E-state index is 12.0. The molecule has 4 nitrogen and oxygen atoms in total. The van der Waals surface area contributed by atoms with Crippen LogP contribution in [0.4, 0.5) is 0 Å². The van der Waals surface area contributed by atoms with Gasteiger partial charge in [0.2, 0.25) is 0 Å². The van der Waals surface area contributed by atoms with Crippen LogP contribution in [0.3, 0.4) is 0 Å². The number of aromatic amines is 1. The first kappa shape index (κ1) is 14.4. The van der Waals surface area contributed by atoms with Crippen LogP contribution in [0.25, 0.3) is 0 Å². The molecule has 3 N–H and O–H groups in total. The zero-order valence-electron chi connectivity index (χ0n) is 11.1. The Bertz CT molecular complexity index is 667. The lowest BCUT2D eigenvalue weighted by molar-refractivity contribution is 0.0915. The van der Waals surface area contributed by atoms with Gasteiger partial charge >= 0.3 is 0 Å². The summed E-state index contributed by atoms with van der Waals surface area (Å²) >= 11 is 5.04. The van der Waals surface area contributed by atoms with Crippen LogP contribution in [0.5, 0.6) is 0 Å². The fraction of sp³-hybridized carbons (Fsp3) is 0.200. The van der Waals surface area contributed by atoms with E-state index in [0.29, 0.717) is 10.2 Å².